The van der Waals surface area contributed by atoms with E-state index in [1.807, 2.05) is 54.6 Å². The third-order valence-electron chi connectivity index (χ3n) is 2.51. The number of rotatable bonds is 6. The van der Waals surface area contributed by atoms with Crippen LogP contribution in [-0.2, 0) is 4.79 Å². The highest BCUT2D eigenvalue weighted by Gasteiger charge is 2.00. The summed E-state index contributed by atoms with van der Waals surface area (Å²) in [6.07, 6.45) is 0.420. The molecule has 0 N–H and O–H groups in total. The van der Waals surface area contributed by atoms with E-state index in [0.29, 0.717) is 24.5 Å². The summed E-state index contributed by atoms with van der Waals surface area (Å²) in [6.45, 7) is 1.95. The van der Waals surface area contributed by atoms with Gasteiger partial charge in [0.2, 0.25) is 0 Å². The number of Topliss-reactive ketones (excluding diaryl/α,β-unsaturated/α-hetero) is 1. The molecule has 98 valence electrons. The first-order chi connectivity index (χ1) is 9.24. The standard InChI is InChI=1S/C16H16O3/c1-13(17)10-11-18-15-8-5-9-16(12-15)19-14-6-3-2-4-7-14/h2-9,12H,10-11H2,1H3. The number of ether oxygens (including phenoxy) is 2. The van der Waals surface area contributed by atoms with Gasteiger partial charge in [-0.15, -0.1) is 0 Å². The second-order valence-electron chi connectivity index (χ2n) is 4.19. The maximum Gasteiger partial charge on any atom is 0.133 e. The first-order valence-corrected chi connectivity index (χ1v) is 6.19. The van der Waals surface area contributed by atoms with Gasteiger partial charge in [0.1, 0.15) is 23.0 Å². The van der Waals surface area contributed by atoms with Crippen LogP contribution in [0.2, 0.25) is 0 Å². The Morgan fingerprint density at radius 1 is 0.947 bits per heavy atom. The van der Waals surface area contributed by atoms with E-state index in [2.05, 4.69) is 0 Å². The summed E-state index contributed by atoms with van der Waals surface area (Å²) < 4.78 is 11.2. The van der Waals surface area contributed by atoms with Crippen molar-refractivity contribution >= 4 is 5.78 Å². The summed E-state index contributed by atoms with van der Waals surface area (Å²) in [4.78, 5) is 10.8. The monoisotopic (exact) mass is 256 g/mol. The first-order valence-electron chi connectivity index (χ1n) is 6.19. The van der Waals surface area contributed by atoms with Gasteiger partial charge in [-0.05, 0) is 31.2 Å². The second kappa shape index (κ2) is 6.59. The summed E-state index contributed by atoms with van der Waals surface area (Å²) in [5, 5.41) is 0. The summed E-state index contributed by atoms with van der Waals surface area (Å²) in [7, 11) is 0. The lowest BCUT2D eigenvalue weighted by Crippen LogP contribution is -2.02. The number of hydrogen-bond donors (Lipinski definition) is 0. The topological polar surface area (TPSA) is 35.5 Å². The molecule has 0 aliphatic rings. The van der Waals surface area contributed by atoms with Crippen molar-refractivity contribution in [2.75, 3.05) is 6.61 Å². The number of benzene rings is 2. The van der Waals surface area contributed by atoms with Gasteiger partial charge in [-0.25, -0.2) is 0 Å². The first kappa shape index (κ1) is 13.1. The van der Waals surface area contributed by atoms with Crippen LogP contribution in [0, 0.1) is 0 Å². The van der Waals surface area contributed by atoms with E-state index >= 15 is 0 Å². The van der Waals surface area contributed by atoms with Crippen molar-refractivity contribution < 1.29 is 14.3 Å². The molecule has 0 radical (unpaired) electrons. The molecule has 19 heavy (non-hydrogen) atoms. The molecule has 0 fully saturated rings. The highest BCUT2D eigenvalue weighted by atomic mass is 16.5. The normalized spacial score (nSPS) is 9.95. The lowest BCUT2D eigenvalue weighted by Gasteiger charge is -2.08. The molecule has 3 nitrogen and oxygen atoms in total. The van der Waals surface area contributed by atoms with Gasteiger partial charge < -0.3 is 9.47 Å². The minimum atomic E-state index is 0.122. The molecule has 2 aromatic rings. The van der Waals surface area contributed by atoms with E-state index < -0.39 is 0 Å². The van der Waals surface area contributed by atoms with Crippen LogP contribution in [0.1, 0.15) is 13.3 Å². The molecule has 2 aromatic carbocycles. The molecule has 0 amide bonds. The molecular formula is C16H16O3. The Morgan fingerprint density at radius 3 is 2.37 bits per heavy atom. The molecule has 0 unspecified atom stereocenters. The Balaban J connectivity index is 1.97. The van der Waals surface area contributed by atoms with E-state index in [9.17, 15) is 4.79 Å². The van der Waals surface area contributed by atoms with Crippen LogP contribution in [0.15, 0.2) is 54.6 Å². The molecule has 2 rings (SSSR count). The van der Waals surface area contributed by atoms with Crippen molar-refractivity contribution in [3.8, 4) is 17.2 Å². The molecule has 0 saturated carbocycles. The Hall–Kier alpha value is -2.29. The van der Waals surface area contributed by atoms with Crippen LogP contribution in [-0.4, -0.2) is 12.4 Å². The largest absolute Gasteiger partial charge is 0.493 e. The van der Waals surface area contributed by atoms with Crippen molar-refractivity contribution in [1.82, 2.24) is 0 Å². The van der Waals surface area contributed by atoms with Gasteiger partial charge in [-0.1, -0.05) is 24.3 Å². The molecule has 0 bridgehead atoms. The van der Waals surface area contributed by atoms with Crippen LogP contribution in [0.25, 0.3) is 0 Å². The fourth-order valence-electron chi connectivity index (χ4n) is 1.56. The van der Waals surface area contributed by atoms with Crippen molar-refractivity contribution in [3.63, 3.8) is 0 Å². The van der Waals surface area contributed by atoms with Gasteiger partial charge in [-0.2, -0.15) is 0 Å². The Morgan fingerprint density at radius 2 is 1.63 bits per heavy atom. The second-order valence-corrected chi connectivity index (χ2v) is 4.19. The minimum absolute atomic E-state index is 0.122. The third kappa shape index (κ3) is 4.47. The van der Waals surface area contributed by atoms with Crippen LogP contribution in [0.5, 0.6) is 17.2 Å². The number of carbonyl (C=O) groups excluding carboxylic acids is 1. The lowest BCUT2D eigenvalue weighted by molar-refractivity contribution is -0.117. The van der Waals surface area contributed by atoms with Gasteiger partial charge in [0.15, 0.2) is 0 Å². The molecule has 3 heteroatoms. The Bertz CT molecular complexity index is 535. The van der Waals surface area contributed by atoms with Crippen LogP contribution in [0.3, 0.4) is 0 Å². The van der Waals surface area contributed by atoms with Gasteiger partial charge in [-0.3, -0.25) is 4.79 Å². The zero-order valence-electron chi connectivity index (χ0n) is 10.8. The van der Waals surface area contributed by atoms with E-state index in [1.54, 1.807) is 6.92 Å². The summed E-state index contributed by atoms with van der Waals surface area (Å²) in [5.41, 5.74) is 0. The molecule has 0 spiro atoms. The highest BCUT2D eigenvalue weighted by Crippen LogP contribution is 2.24. The van der Waals surface area contributed by atoms with Gasteiger partial charge >= 0.3 is 0 Å². The summed E-state index contributed by atoms with van der Waals surface area (Å²) in [5.74, 6) is 2.32. The fourth-order valence-corrected chi connectivity index (χ4v) is 1.56. The Kier molecular flexibility index (Phi) is 4.56. The maximum atomic E-state index is 10.8. The summed E-state index contributed by atoms with van der Waals surface area (Å²) >= 11 is 0. The molecule has 0 heterocycles. The van der Waals surface area contributed by atoms with Gasteiger partial charge in [0.25, 0.3) is 0 Å². The Labute approximate surface area is 112 Å². The molecule has 0 saturated heterocycles. The van der Waals surface area contributed by atoms with Gasteiger partial charge in [0.05, 0.1) is 6.61 Å². The summed E-state index contributed by atoms with van der Waals surface area (Å²) in [6, 6.07) is 16.9. The average Bonchev–Trinajstić information content (AvgIpc) is 2.40. The molecule has 0 atom stereocenters. The molecular weight excluding hydrogens is 240 g/mol. The predicted octanol–water partition coefficient (Wildman–Crippen LogP) is 3.84. The zero-order chi connectivity index (χ0) is 13.5. The number of para-hydroxylation sites is 1. The molecule has 0 aromatic heterocycles. The quantitative estimate of drug-likeness (QED) is 0.787. The predicted molar refractivity (Wildman–Crippen MR) is 73.8 cm³/mol. The minimum Gasteiger partial charge on any atom is -0.493 e. The smallest absolute Gasteiger partial charge is 0.133 e. The highest BCUT2D eigenvalue weighted by molar-refractivity contribution is 5.75. The van der Waals surface area contributed by atoms with Crippen molar-refractivity contribution in [2.45, 2.75) is 13.3 Å². The SMILES string of the molecule is CC(=O)CCOc1cccc(Oc2ccccc2)c1. The fraction of sp³-hybridized carbons (Fsp3) is 0.188. The van der Waals surface area contributed by atoms with Crippen molar-refractivity contribution in [2.24, 2.45) is 0 Å². The van der Waals surface area contributed by atoms with E-state index in [4.69, 9.17) is 9.47 Å². The van der Waals surface area contributed by atoms with Crippen molar-refractivity contribution in [3.05, 3.63) is 54.6 Å². The molecule has 0 aliphatic carbocycles. The number of hydrogen-bond acceptors (Lipinski definition) is 3. The van der Waals surface area contributed by atoms with Crippen molar-refractivity contribution in [1.29, 1.82) is 0 Å². The molecule has 0 aliphatic heterocycles. The maximum absolute atomic E-state index is 10.8. The van der Waals surface area contributed by atoms with E-state index in [-0.39, 0.29) is 5.78 Å². The van der Waals surface area contributed by atoms with Gasteiger partial charge in [0, 0.05) is 12.5 Å². The third-order valence-corrected chi connectivity index (χ3v) is 2.51. The van der Waals surface area contributed by atoms with Crippen LogP contribution >= 0.6 is 0 Å². The lowest BCUT2D eigenvalue weighted by atomic mass is 10.3. The van der Waals surface area contributed by atoms with E-state index in [1.165, 1.54) is 0 Å². The number of carbonyl (C=O) groups is 1. The van der Waals surface area contributed by atoms with Crippen LogP contribution in [0.4, 0.5) is 0 Å². The average molecular weight is 256 g/mol. The van der Waals surface area contributed by atoms with Crippen LogP contribution < -0.4 is 9.47 Å². The zero-order valence-corrected chi connectivity index (χ0v) is 10.8. The number of ketones is 1. The van der Waals surface area contributed by atoms with E-state index in [0.717, 1.165) is 5.75 Å².